The molecule has 0 bridgehead atoms. The van der Waals surface area contributed by atoms with E-state index < -0.39 is 8.32 Å². The monoisotopic (exact) mass is 215 g/mol. The van der Waals surface area contributed by atoms with Crippen LogP contribution in [0.4, 0.5) is 0 Å². The quantitative estimate of drug-likeness (QED) is 0.383. The average Bonchev–Trinajstić information content (AvgIpc) is 2.04. The summed E-state index contributed by atoms with van der Waals surface area (Å²) in [5.41, 5.74) is 0. The van der Waals surface area contributed by atoms with E-state index in [0.29, 0.717) is 12.6 Å². The minimum Gasteiger partial charge on any atom is -0.415 e. The van der Waals surface area contributed by atoms with Gasteiger partial charge in [0.25, 0.3) is 0 Å². The number of carbonyl (C=O) groups excluding carboxylic acids is 1. The van der Waals surface area contributed by atoms with Gasteiger partial charge in [0.1, 0.15) is 0 Å². The van der Waals surface area contributed by atoms with Crippen molar-refractivity contribution in [3.63, 3.8) is 0 Å². The standard InChI is InChI=1S/C7H16OSi.C3H5NO/c1-7-5-4-6-9(2,3)8-7;1-2-4-3-5/h7H,4-6H2,1-3H3;2H2,1H3. The lowest BCUT2D eigenvalue weighted by Crippen LogP contribution is -2.37. The number of hydrogen-bond donors (Lipinski definition) is 0. The van der Waals surface area contributed by atoms with Crippen LogP contribution in [0.1, 0.15) is 26.7 Å². The van der Waals surface area contributed by atoms with E-state index in [1.807, 2.05) is 0 Å². The maximum atomic E-state index is 9.11. The molecule has 0 radical (unpaired) electrons. The maximum Gasteiger partial charge on any atom is 0.234 e. The van der Waals surface area contributed by atoms with Crippen LogP contribution in [-0.2, 0) is 9.22 Å². The second kappa shape index (κ2) is 6.93. The van der Waals surface area contributed by atoms with Gasteiger partial charge >= 0.3 is 0 Å². The minimum absolute atomic E-state index is 0.542. The van der Waals surface area contributed by atoms with Gasteiger partial charge in [-0.25, -0.2) is 9.79 Å². The lowest BCUT2D eigenvalue weighted by atomic mass is 10.2. The molecule has 1 aliphatic rings. The van der Waals surface area contributed by atoms with E-state index >= 15 is 0 Å². The highest BCUT2D eigenvalue weighted by molar-refractivity contribution is 6.71. The van der Waals surface area contributed by atoms with Gasteiger partial charge in [-0.05, 0) is 39.4 Å². The minimum atomic E-state index is -1.15. The molecule has 1 rings (SSSR count). The topological polar surface area (TPSA) is 38.7 Å². The van der Waals surface area contributed by atoms with Gasteiger partial charge in [-0.2, -0.15) is 0 Å². The Bertz CT molecular complexity index is 200. The number of isocyanates is 1. The summed E-state index contributed by atoms with van der Waals surface area (Å²) in [7, 11) is -1.15. The fourth-order valence-corrected chi connectivity index (χ4v) is 3.92. The first-order valence-electron chi connectivity index (χ1n) is 5.23. The summed E-state index contributed by atoms with van der Waals surface area (Å²) < 4.78 is 5.81. The van der Waals surface area contributed by atoms with E-state index in [4.69, 9.17) is 9.22 Å². The summed E-state index contributed by atoms with van der Waals surface area (Å²) in [4.78, 5) is 12.3. The first-order chi connectivity index (χ1) is 6.52. The largest absolute Gasteiger partial charge is 0.415 e. The Labute approximate surface area is 87.7 Å². The van der Waals surface area contributed by atoms with Crippen molar-refractivity contribution in [2.24, 2.45) is 4.99 Å². The van der Waals surface area contributed by atoms with Gasteiger partial charge in [0.05, 0.1) is 0 Å². The van der Waals surface area contributed by atoms with Gasteiger partial charge in [-0.15, -0.1) is 0 Å². The van der Waals surface area contributed by atoms with Gasteiger partial charge in [0.15, 0.2) is 8.32 Å². The van der Waals surface area contributed by atoms with E-state index in [1.54, 1.807) is 6.92 Å². The molecule has 1 saturated heterocycles. The molecule has 1 unspecified atom stereocenters. The molecule has 4 heteroatoms. The van der Waals surface area contributed by atoms with Crippen LogP contribution in [0, 0.1) is 0 Å². The Kier molecular flexibility index (Phi) is 6.71. The number of aliphatic imine (C=N–C) groups is 1. The first-order valence-corrected chi connectivity index (χ1v) is 8.35. The molecule has 14 heavy (non-hydrogen) atoms. The van der Waals surface area contributed by atoms with Crippen molar-refractivity contribution in [1.82, 2.24) is 0 Å². The SMILES string of the molecule is CC1CCC[Si](C)(C)O1.CCN=C=O. The molecular weight excluding hydrogens is 194 g/mol. The van der Waals surface area contributed by atoms with Crippen molar-refractivity contribution in [2.75, 3.05) is 6.54 Å². The molecular formula is C10H21NO2Si. The molecule has 0 spiro atoms. The highest BCUT2D eigenvalue weighted by atomic mass is 28.4. The normalized spacial score (nSPS) is 24.1. The van der Waals surface area contributed by atoms with Gasteiger partial charge in [-0.1, -0.05) is 6.42 Å². The Morgan fingerprint density at radius 2 is 2.21 bits per heavy atom. The van der Waals surface area contributed by atoms with Gasteiger partial charge in [0.2, 0.25) is 6.08 Å². The van der Waals surface area contributed by atoms with Crippen molar-refractivity contribution in [1.29, 1.82) is 0 Å². The van der Waals surface area contributed by atoms with Crippen LogP contribution in [0.3, 0.4) is 0 Å². The van der Waals surface area contributed by atoms with Crippen molar-refractivity contribution in [3.05, 3.63) is 0 Å². The van der Waals surface area contributed by atoms with Crippen LogP contribution >= 0.6 is 0 Å². The maximum absolute atomic E-state index is 9.11. The molecule has 1 heterocycles. The Balaban J connectivity index is 0.000000292. The van der Waals surface area contributed by atoms with E-state index in [9.17, 15) is 0 Å². The second-order valence-electron chi connectivity index (χ2n) is 4.15. The van der Waals surface area contributed by atoms with Crippen LogP contribution in [0.5, 0.6) is 0 Å². The molecule has 0 aromatic rings. The lowest BCUT2D eigenvalue weighted by Gasteiger charge is -2.32. The van der Waals surface area contributed by atoms with Gasteiger partial charge in [-0.3, -0.25) is 0 Å². The van der Waals surface area contributed by atoms with E-state index in [1.165, 1.54) is 25.0 Å². The predicted octanol–water partition coefficient (Wildman–Crippen LogP) is 2.73. The highest BCUT2D eigenvalue weighted by Gasteiger charge is 2.28. The lowest BCUT2D eigenvalue weighted by molar-refractivity contribution is 0.179. The highest BCUT2D eigenvalue weighted by Crippen LogP contribution is 2.24. The van der Waals surface area contributed by atoms with E-state index in [2.05, 4.69) is 25.0 Å². The fourth-order valence-electron chi connectivity index (χ4n) is 1.54. The average molecular weight is 215 g/mol. The summed E-state index contributed by atoms with van der Waals surface area (Å²) in [5, 5.41) is 0. The third-order valence-corrected chi connectivity index (χ3v) is 4.73. The predicted molar refractivity (Wildman–Crippen MR) is 60.7 cm³/mol. The van der Waals surface area contributed by atoms with E-state index in [0.717, 1.165) is 0 Å². The van der Waals surface area contributed by atoms with Crippen molar-refractivity contribution >= 4 is 14.4 Å². The molecule has 0 aromatic carbocycles. The zero-order valence-corrected chi connectivity index (χ0v) is 10.7. The molecule has 0 amide bonds. The molecule has 0 saturated carbocycles. The molecule has 1 aliphatic heterocycles. The number of nitrogens with zero attached hydrogens (tertiary/aromatic N) is 1. The zero-order chi connectivity index (χ0) is 11.0. The van der Waals surface area contributed by atoms with Gasteiger partial charge in [0, 0.05) is 12.6 Å². The number of hydrogen-bond acceptors (Lipinski definition) is 3. The molecule has 0 aromatic heterocycles. The van der Waals surface area contributed by atoms with Crippen LogP contribution in [0.2, 0.25) is 19.1 Å². The molecule has 82 valence electrons. The van der Waals surface area contributed by atoms with Crippen LogP contribution in [-0.4, -0.2) is 27.0 Å². The van der Waals surface area contributed by atoms with Gasteiger partial charge < -0.3 is 4.43 Å². The Morgan fingerprint density at radius 1 is 1.57 bits per heavy atom. The molecule has 0 aliphatic carbocycles. The molecule has 0 N–H and O–H groups in total. The zero-order valence-electron chi connectivity index (χ0n) is 9.67. The summed E-state index contributed by atoms with van der Waals surface area (Å²) in [6, 6.07) is 1.36. The van der Waals surface area contributed by atoms with Crippen LogP contribution < -0.4 is 0 Å². The summed E-state index contributed by atoms with van der Waals surface area (Å²) in [6.45, 7) is 9.13. The second-order valence-corrected chi connectivity index (χ2v) is 8.40. The third kappa shape index (κ3) is 7.01. The van der Waals surface area contributed by atoms with E-state index in [-0.39, 0.29) is 0 Å². The van der Waals surface area contributed by atoms with Crippen LogP contribution in [0.15, 0.2) is 4.99 Å². The molecule has 3 nitrogen and oxygen atoms in total. The van der Waals surface area contributed by atoms with Crippen molar-refractivity contribution < 1.29 is 9.22 Å². The molecule has 1 atom stereocenters. The summed E-state index contributed by atoms with van der Waals surface area (Å²) in [5.74, 6) is 0. The first kappa shape index (κ1) is 13.6. The number of rotatable bonds is 1. The smallest absolute Gasteiger partial charge is 0.234 e. The summed E-state index contributed by atoms with van der Waals surface area (Å²) >= 11 is 0. The van der Waals surface area contributed by atoms with Crippen LogP contribution in [0.25, 0.3) is 0 Å². The third-order valence-electron chi connectivity index (χ3n) is 2.13. The van der Waals surface area contributed by atoms with Crippen molar-refractivity contribution in [2.45, 2.75) is 51.9 Å². The summed E-state index contributed by atoms with van der Waals surface area (Å²) in [6.07, 6.45) is 4.60. The Morgan fingerprint density at radius 3 is 2.43 bits per heavy atom. The molecule has 1 fully saturated rings. The Hall–Kier alpha value is -0.443. The fraction of sp³-hybridized carbons (Fsp3) is 0.900. The van der Waals surface area contributed by atoms with Crippen molar-refractivity contribution in [3.8, 4) is 0 Å².